The van der Waals surface area contributed by atoms with Crippen LogP contribution in [0.15, 0.2) is 28.8 Å². The number of carbonyl (C=O) groups is 1. The van der Waals surface area contributed by atoms with Gasteiger partial charge in [-0.1, -0.05) is 17.3 Å². The van der Waals surface area contributed by atoms with Gasteiger partial charge in [0.1, 0.15) is 5.82 Å². The predicted octanol–water partition coefficient (Wildman–Crippen LogP) is 1.96. The number of nitrogens with zero attached hydrogens (tertiary/aromatic N) is 2. The minimum atomic E-state index is -0.365. The van der Waals surface area contributed by atoms with Crippen LogP contribution in [0.4, 0.5) is 4.39 Å². The molecule has 0 fully saturated rings. The molecule has 1 atom stereocenters. The molecule has 1 N–H and O–H groups in total. The van der Waals surface area contributed by atoms with Crippen LogP contribution in [0.2, 0.25) is 0 Å². The number of aromatic nitrogens is 2. The monoisotopic (exact) mass is 307 g/mol. The number of hydrogen-bond donors (Lipinski definition) is 1. The van der Waals surface area contributed by atoms with Gasteiger partial charge in [0.05, 0.1) is 6.61 Å². The molecular formula is C15H18FN3O3. The Bertz CT molecular complexity index is 630. The van der Waals surface area contributed by atoms with Crippen molar-refractivity contribution in [3.63, 3.8) is 0 Å². The second-order valence-corrected chi connectivity index (χ2v) is 4.95. The van der Waals surface area contributed by atoms with Gasteiger partial charge in [-0.3, -0.25) is 4.79 Å². The molecule has 0 aliphatic heterocycles. The zero-order valence-electron chi connectivity index (χ0n) is 12.5. The molecule has 0 radical (unpaired) electrons. The summed E-state index contributed by atoms with van der Waals surface area (Å²) in [4.78, 5) is 15.9. The van der Waals surface area contributed by atoms with Crippen molar-refractivity contribution in [1.82, 2.24) is 15.5 Å². The lowest BCUT2D eigenvalue weighted by Crippen LogP contribution is -2.35. The Hall–Kier alpha value is -2.28. The first-order valence-corrected chi connectivity index (χ1v) is 6.95. The molecule has 0 spiro atoms. The van der Waals surface area contributed by atoms with Crippen LogP contribution in [0, 0.1) is 5.82 Å². The number of rotatable bonds is 7. The molecule has 1 aromatic heterocycles. The number of halogens is 1. The van der Waals surface area contributed by atoms with Gasteiger partial charge < -0.3 is 14.6 Å². The lowest BCUT2D eigenvalue weighted by atomic mass is 10.2. The van der Waals surface area contributed by atoms with E-state index in [1.807, 2.05) is 6.92 Å². The summed E-state index contributed by atoms with van der Waals surface area (Å²) in [5.41, 5.74) is 0.535. The average molecular weight is 307 g/mol. The topological polar surface area (TPSA) is 77.2 Å². The number of nitrogens with one attached hydrogen (secondary N) is 1. The molecule has 2 rings (SSSR count). The quantitative estimate of drug-likeness (QED) is 0.846. The third-order valence-corrected chi connectivity index (χ3v) is 2.94. The van der Waals surface area contributed by atoms with Crippen LogP contribution in [0.1, 0.15) is 19.2 Å². The van der Waals surface area contributed by atoms with Crippen molar-refractivity contribution in [3.05, 3.63) is 36.0 Å². The highest BCUT2D eigenvalue weighted by Gasteiger charge is 2.12. The summed E-state index contributed by atoms with van der Waals surface area (Å²) < 4.78 is 23.2. The minimum Gasteiger partial charge on any atom is -0.383 e. The standard InChI is InChI=1S/C15H18FN3O3/c1-10(9-21-2)17-13(20)6-7-14-18-15(19-22-14)11-4-3-5-12(16)8-11/h3-5,8,10H,6-7,9H2,1-2H3,(H,17,20)/t10-/m0/s1. The summed E-state index contributed by atoms with van der Waals surface area (Å²) in [5.74, 6) is 0.168. The van der Waals surface area contributed by atoms with Gasteiger partial charge in [0.15, 0.2) is 0 Å². The van der Waals surface area contributed by atoms with Crippen LogP contribution in [0.25, 0.3) is 11.4 Å². The molecule has 0 saturated carbocycles. The molecule has 0 aliphatic rings. The smallest absolute Gasteiger partial charge is 0.227 e. The van der Waals surface area contributed by atoms with Gasteiger partial charge in [-0.05, 0) is 19.1 Å². The molecule has 1 amide bonds. The lowest BCUT2D eigenvalue weighted by Gasteiger charge is -2.11. The zero-order chi connectivity index (χ0) is 15.9. The van der Waals surface area contributed by atoms with E-state index >= 15 is 0 Å². The van der Waals surface area contributed by atoms with Crippen LogP contribution in [-0.4, -0.2) is 35.8 Å². The maximum absolute atomic E-state index is 13.1. The summed E-state index contributed by atoms with van der Waals surface area (Å²) in [6.07, 6.45) is 0.562. The molecule has 6 nitrogen and oxygen atoms in total. The fourth-order valence-electron chi connectivity index (χ4n) is 1.96. The highest BCUT2D eigenvalue weighted by molar-refractivity contribution is 5.76. The first-order valence-electron chi connectivity index (χ1n) is 6.95. The normalized spacial score (nSPS) is 12.1. The Morgan fingerprint density at radius 3 is 3.05 bits per heavy atom. The summed E-state index contributed by atoms with van der Waals surface area (Å²) in [7, 11) is 1.58. The summed E-state index contributed by atoms with van der Waals surface area (Å²) in [6, 6.07) is 5.88. The first kappa shape index (κ1) is 16.1. The van der Waals surface area contributed by atoms with Crippen molar-refractivity contribution in [3.8, 4) is 11.4 Å². The fraction of sp³-hybridized carbons (Fsp3) is 0.400. The van der Waals surface area contributed by atoms with Crippen LogP contribution >= 0.6 is 0 Å². The number of ether oxygens (including phenoxy) is 1. The predicted molar refractivity (Wildman–Crippen MR) is 77.5 cm³/mol. The van der Waals surface area contributed by atoms with Gasteiger partial charge in [0.2, 0.25) is 17.6 Å². The molecule has 0 saturated heterocycles. The Morgan fingerprint density at radius 2 is 2.32 bits per heavy atom. The third-order valence-electron chi connectivity index (χ3n) is 2.94. The average Bonchev–Trinajstić information content (AvgIpc) is 2.94. The van der Waals surface area contributed by atoms with Crippen LogP contribution in [-0.2, 0) is 16.0 Å². The number of aryl methyl sites for hydroxylation is 1. The van der Waals surface area contributed by atoms with Gasteiger partial charge in [-0.15, -0.1) is 0 Å². The molecule has 0 unspecified atom stereocenters. The number of hydrogen-bond acceptors (Lipinski definition) is 5. The highest BCUT2D eigenvalue weighted by atomic mass is 19.1. The highest BCUT2D eigenvalue weighted by Crippen LogP contribution is 2.17. The van der Waals surface area contributed by atoms with E-state index in [0.29, 0.717) is 30.3 Å². The Labute approximate surface area is 127 Å². The maximum atomic E-state index is 13.1. The van der Waals surface area contributed by atoms with E-state index in [2.05, 4.69) is 15.5 Å². The van der Waals surface area contributed by atoms with Crippen LogP contribution in [0.3, 0.4) is 0 Å². The Balaban J connectivity index is 1.88. The minimum absolute atomic E-state index is 0.0527. The van der Waals surface area contributed by atoms with Crippen molar-refractivity contribution in [2.24, 2.45) is 0 Å². The number of amides is 1. The second-order valence-electron chi connectivity index (χ2n) is 4.95. The first-order chi connectivity index (χ1) is 10.6. The van der Waals surface area contributed by atoms with Crippen LogP contribution in [0.5, 0.6) is 0 Å². The molecule has 118 valence electrons. The lowest BCUT2D eigenvalue weighted by molar-refractivity contribution is -0.122. The number of methoxy groups -OCH3 is 1. The van der Waals surface area contributed by atoms with E-state index in [1.165, 1.54) is 12.1 Å². The van der Waals surface area contributed by atoms with Crippen molar-refractivity contribution in [1.29, 1.82) is 0 Å². The SMILES string of the molecule is COC[C@H](C)NC(=O)CCc1nc(-c2cccc(F)c2)no1. The van der Waals surface area contributed by atoms with Gasteiger partial charge in [0, 0.05) is 31.6 Å². The number of benzene rings is 1. The molecule has 0 bridgehead atoms. The molecule has 0 aliphatic carbocycles. The van der Waals surface area contributed by atoms with Gasteiger partial charge in [0.25, 0.3) is 0 Å². The largest absolute Gasteiger partial charge is 0.383 e. The van der Waals surface area contributed by atoms with Crippen molar-refractivity contribution < 1.29 is 18.4 Å². The van der Waals surface area contributed by atoms with E-state index in [4.69, 9.17) is 9.26 Å². The summed E-state index contributed by atoms with van der Waals surface area (Å²) in [5, 5.41) is 6.59. The van der Waals surface area contributed by atoms with E-state index in [-0.39, 0.29) is 24.2 Å². The Morgan fingerprint density at radius 1 is 1.50 bits per heavy atom. The van der Waals surface area contributed by atoms with Crippen molar-refractivity contribution >= 4 is 5.91 Å². The zero-order valence-corrected chi connectivity index (χ0v) is 12.5. The fourth-order valence-corrected chi connectivity index (χ4v) is 1.96. The maximum Gasteiger partial charge on any atom is 0.227 e. The van der Waals surface area contributed by atoms with E-state index in [1.54, 1.807) is 19.2 Å². The van der Waals surface area contributed by atoms with E-state index in [9.17, 15) is 9.18 Å². The van der Waals surface area contributed by atoms with E-state index < -0.39 is 0 Å². The molecule has 1 aromatic carbocycles. The third kappa shape index (κ3) is 4.63. The van der Waals surface area contributed by atoms with E-state index in [0.717, 1.165) is 0 Å². The molecular weight excluding hydrogens is 289 g/mol. The van der Waals surface area contributed by atoms with Crippen LogP contribution < -0.4 is 5.32 Å². The van der Waals surface area contributed by atoms with Gasteiger partial charge >= 0.3 is 0 Å². The van der Waals surface area contributed by atoms with Gasteiger partial charge in [-0.25, -0.2) is 4.39 Å². The van der Waals surface area contributed by atoms with Crippen molar-refractivity contribution in [2.75, 3.05) is 13.7 Å². The molecule has 1 heterocycles. The Kier molecular flexibility index (Phi) is 5.60. The number of carbonyl (C=O) groups excluding carboxylic acids is 1. The summed E-state index contributed by atoms with van der Waals surface area (Å²) in [6.45, 7) is 2.31. The van der Waals surface area contributed by atoms with Gasteiger partial charge in [-0.2, -0.15) is 4.98 Å². The molecule has 2 aromatic rings. The second kappa shape index (κ2) is 7.65. The van der Waals surface area contributed by atoms with Crippen molar-refractivity contribution in [2.45, 2.75) is 25.8 Å². The summed E-state index contributed by atoms with van der Waals surface area (Å²) >= 11 is 0. The molecule has 7 heteroatoms. The molecule has 22 heavy (non-hydrogen) atoms.